The third kappa shape index (κ3) is 3.54. The molecular weight excluding hydrogens is 333 g/mol. The van der Waals surface area contributed by atoms with Crippen LogP contribution < -0.4 is 5.73 Å². The van der Waals surface area contributed by atoms with Crippen molar-refractivity contribution in [3.05, 3.63) is 34.6 Å². The van der Waals surface area contributed by atoms with E-state index in [4.69, 9.17) is 17.3 Å². The lowest BCUT2D eigenvalue weighted by Gasteiger charge is -2.36. The maximum absolute atomic E-state index is 13.1. The minimum Gasteiger partial charge on any atom is -0.339 e. The van der Waals surface area contributed by atoms with Crippen LogP contribution in [0.5, 0.6) is 0 Å². The van der Waals surface area contributed by atoms with Crippen LogP contribution >= 0.6 is 11.6 Å². The average molecular weight is 354 g/mol. The van der Waals surface area contributed by atoms with E-state index in [1.54, 1.807) is 4.90 Å². The average Bonchev–Trinajstić information content (AvgIpc) is 3.00. The van der Waals surface area contributed by atoms with Crippen LogP contribution in [0.3, 0.4) is 0 Å². The van der Waals surface area contributed by atoms with Crippen LogP contribution in [0.1, 0.15) is 29.6 Å². The maximum atomic E-state index is 13.1. The Morgan fingerprint density at radius 2 is 1.79 bits per heavy atom. The summed E-state index contributed by atoms with van der Waals surface area (Å²) in [6.07, 6.45) is 2.51. The largest absolute Gasteiger partial charge is 0.339 e. The van der Waals surface area contributed by atoms with Crippen molar-refractivity contribution in [2.45, 2.75) is 25.3 Å². The number of halogens is 2. The zero-order valence-electron chi connectivity index (χ0n) is 13.4. The van der Waals surface area contributed by atoms with Crippen molar-refractivity contribution in [3.63, 3.8) is 0 Å². The highest BCUT2D eigenvalue weighted by molar-refractivity contribution is 6.33. The van der Waals surface area contributed by atoms with E-state index in [0.717, 1.165) is 25.3 Å². The fourth-order valence-electron chi connectivity index (χ4n) is 3.46. The lowest BCUT2D eigenvalue weighted by molar-refractivity contribution is -0.136. The van der Waals surface area contributed by atoms with Crippen molar-refractivity contribution >= 4 is 23.4 Å². The molecular formula is C17H21ClFN3O2. The Morgan fingerprint density at radius 3 is 2.38 bits per heavy atom. The minimum absolute atomic E-state index is 0.0220. The molecule has 2 fully saturated rings. The molecule has 5 nitrogen and oxygen atoms in total. The monoisotopic (exact) mass is 353 g/mol. The van der Waals surface area contributed by atoms with E-state index < -0.39 is 5.82 Å². The summed E-state index contributed by atoms with van der Waals surface area (Å²) in [4.78, 5) is 28.5. The molecule has 2 amide bonds. The molecule has 1 saturated heterocycles. The fourth-order valence-corrected chi connectivity index (χ4v) is 3.71. The molecule has 1 aliphatic carbocycles. The van der Waals surface area contributed by atoms with E-state index in [9.17, 15) is 14.0 Å². The summed E-state index contributed by atoms with van der Waals surface area (Å²) in [5, 5.41) is 0.110. The van der Waals surface area contributed by atoms with Gasteiger partial charge >= 0.3 is 0 Å². The molecule has 2 N–H and O–H groups in total. The Kier molecular flexibility index (Phi) is 5.06. The van der Waals surface area contributed by atoms with Gasteiger partial charge in [0, 0.05) is 38.1 Å². The number of carbonyl (C=O) groups excluding carboxylic acids is 2. The van der Waals surface area contributed by atoms with Crippen LogP contribution in [0.15, 0.2) is 18.2 Å². The van der Waals surface area contributed by atoms with Crippen molar-refractivity contribution in [1.29, 1.82) is 0 Å². The van der Waals surface area contributed by atoms with Crippen molar-refractivity contribution < 1.29 is 14.0 Å². The van der Waals surface area contributed by atoms with Gasteiger partial charge in [-0.1, -0.05) is 11.6 Å². The third-order valence-corrected chi connectivity index (χ3v) is 5.18. The Morgan fingerprint density at radius 1 is 1.12 bits per heavy atom. The zero-order valence-corrected chi connectivity index (χ0v) is 14.1. The lowest BCUT2D eigenvalue weighted by Crippen LogP contribution is -2.51. The van der Waals surface area contributed by atoms with Gasteiger partial charge in [0.25, 0.3) is 5.91 Å². The molecule has 2 atom stereocenters. The number of benzene rings is 1. The summed E-state index contributed by atoms with van der Waals surface area (Å²) < 4.78 is 13.1. The van der Waals surface area contributed by atoms with Crippen molar-refractivity contribution in [3.8, 4) is 0 Å². The first-order valence-corrected chi connectivity index (χ1v) is 8.62. The lowest BCUT2D eigenvalue weighted by atomic mass is 10.1. The highest BCUT2D eigenvalue weighted by Gasteiger charge is 2.33. The number of hydrogen-bond donors (Lipinski definition) is 1. The number of carbonyl (C=O) groups is 2. The third-order valence-electron chi connectivity index (χ3n) is 4.86. The van der Waals surface area contributed by atoms with Crippen molar-refractivity contribution in [2.24, 2.45) is 11.7 Å². The van der Waals surface area contributed by atoms with Gasteiger partial charge in [-0.05, 0) is 37.5 Å². The molecule has 0 spiro atoms. The Hall–Kier alpha value is -1.66. The first-order valence-electron chi connectivity index (χ1n) is 8.24. The number of nitrogens with zero attached hydrogens (tertiary/aromatic N) is 2. The van der Waals surface area contributed by atoms with E-state index in [0.29, 0.717) is 31.7 Å². The smallest absolute Gasteiger partial charge is 0.255 e. The van der Waals surface area contributed by atoms with Crippen LogP contribution in [0, 0.1) is 11.7 Å². The van der Waals surface area contributed by atoms with Crippen LogP contribution in [0.4, 0.5) is 4.39 Å². The molecule has 1 saturated carbocycles. The fraction of sp³-hybridized carbons (Fsp3) is 0.529. The molecule has 2 unspecified atom stereocenters. The molecule has 1 aromatic rings. The summed E-state index contributed by atoms with van der Waals surface area (Å²) in [7, 11) is 0. The van der Waals surface area contributed by atoms with Crippen LogP contribution in [0.25, 0.3) is 0 Å². The van der Waals surface area contributed by atoms with Crippen LogP contribution in [-0.2, 0) is 4.79 Å². The molecule has 1 aliphatic heterocycles. The topological polar surface area (TPSA) is 66.6 Å². The normalized spacial score (nSPS) is 24.3. The predicted molar refractivity (Wildman–Crippen MR) is 89.2 cm³/mol. The van der Waals surface area contributed by atoms with Gasteiger partial charge in [-0.3, -0.25) is 9.59 Å². The minimum atomic E-state index is -0.471. The van der Waals surface area contributed by atoms with E-state index in [1.165, 1.54) is 12.1 Å². The van der Waals surface area contributed by atoms with Gasteiger partial charge in [0.1, 0.15) is 5.82 Å². The first-order chi connectivity index (χ1) is 11.5. The van der Waals surface area contributed by atoms with Gasteiger partial charge in [-0.25, -0.2) is 4.39 Å². The Labute approximate surface area is 145 Å². The molecule has 0 aromatic heterocycles. The quantitative estimate of drug-likeness (QED) is 0.883. The van der Waals surface area contributed by atoms with E-state index >= 15 is 0 Å². The molecule has 0 bridgehead atoms. The van der Waals surface area contributed by atoms with Gasteiger partial charge in [0.05, 0.1) is 10.6 Å². The molecule has 7 heteroatoms. The van der Waals surface area contributed by atoms with E-state index in [1.807, 2.05) is 4.90 Å². The molecule has 1 aromatic carbocycles. The summed E-state index contributed by atoms with van der Waals surface area (Å²) in [6, 6.07) is 3.89. The van der Waals surface area contributed by atoms with Crippen LogP contribution in [0.2, 0.25) is 5.02 Å². The highest BCUT2D eigenvalue weighted by Crippen LogP contribution is 2.27. The predicted octanol–water partition coefficient (Wildman–Crippen LogP) is 1.89. The number of nitrogens with two attached hydrogens (primary N) is 1. The maximum Gasteiger partial charge on any atom is 0.255 e. The van der Waals surface area contributed by atoms with Crippen LogP contribution in [-0.4, -0.2) is 53.8 Å². The van der Waals surface area contributed by atoms with Crippen molar-refractivity contribution in [1.82, 2.24) is 9.80 Å². The second kappa shape index (κ2) is 7.07. The number of amides is 2. The van der Waals surface area contributed by atoms with E-state index in [-0.39, 0.29) is 28.8 Å². The van der Waals surface area contributed by atoms with Gasteiger partial charge in [-0.2, -0.15) is 0 Å². The molecule has 2 aliphatic rings. The standard InChI is InChI=1S/C17H21ClFN3O2/c18-15-10-12(19)2-4-14(15)17(24)22-7-5-21(6-8-22)16(23)11-1-3-13(20)9-11/h2,4,10-11,13H,1,3,5-9,20H2. The second-order valence-corrected chi connectivity index (χ2v) is 6.92. The Balaban J connectivity index is 1.58. The van der Waals surface area contributed by atoms with Gasteiger partial charge in [0.2, 0.25) is 5.91 Å². The first kappa shape index (κ1) is 17.2. The molecule has 0 radical (unpaired) electrons. The SMILES string of the molecule is NC1CCC(C(=O)N2CCN(C(=O)c3ccc(F)cc3Cl)CC2)C1. The molecule has 24 heavy (non-hydrogen) atoms. The van der Waals surface area contributed by atoms with Crippen molar-refractivity contribution in [2.75, 3.05) is 26.2 Å². The van der Waals surface area contributed by atoms with Gasteiger partial charge in [-0.15, -0.1) is 0 Å². The van der Waals surface area contributed by atoms with E-state index in [2.05, 4.69) is 0 Å². The van der Waals surface area contributed by atoms with Gasteiger partial charge in [0.15, 0.2) is 0 Å². The second-order valence-electron chi connectivity index (χ2n) is 6.51. The summed E-state index contributed by atoms with van der Waals surface area (Å²) in [5.74, 6) is -0.527. The molecule has 3 rings (SSSR count). The van der Waals surface area contributed by atoms with Gasteiger partial charge < -0.3 is 15.5 Å². The Bertz CT molecular complexity index is 647. The molecule has 130 valence electrons. The number of rotatable bonds is 2. The summed E-state index contributed by atoms with van der Waals surface area (Å²) in [6.45, 7) is 1.93. The zero-order chi connectivity index (χ0) is 17.3. The summed E-state index contributed by atoms with van der Waals surface area (Å²) in [5.41, 5.74) is 6.17. The number of piperazine rings is 1. The number of hydrogen-bond acceptors (Lipinski definition) is 3. The highest BCUT2D eigenvalue weighted by atomic mass is 35.5. The molecule has 1 heterocycles. The summed E-state index contributed by atoms with van der Waals surface area (Å²) >= 11 is 5.96.